The standard InChI is InChI=1S/C8H7BrN4O/c9-5-1-2-6(11-4-5)8-12-7(3-10)14-13-8/h1-2,4H,3,10H2. The number of halogens is 1. The summed E-state index contributed by atoms with van der Waals surface area (Å²) < 4.78 is 5.77. The van der Waals surface area contributed by atoms with E-state index < -0.39 is 0 Å². The van der Waals surface area contributed by atoms with E-state index in [1.807, 2.05) is 6.07 Å². The maximum atomic E-state index is 5.34. The van der Waals surface area contributed by atoms with E-state index in [1.165, 1.54) is 0 Å². The maximum absolute atomic E-state index is 5.34. The molecule has 0 aliphatic heterocycles. The SMILES string of the molecule is NCc1nc(-c2ccc(Br)cn2)no1. The molecule has 0 aromatic carbocycles. The molecule has 0 radical (unpaired) electrons. The zero-order chi connectivity index (χ0) is 9.97. The van der Waals surface area contributed by atoms with Gasteiger partial charge in [-0.3, -0.25) is 4.98 Å². The van der Waals surface area contributed by atoms with Gasteiger partial charge in [0.2, 0.25) is 11.7 Å². The molecule has 2 aromatic rings. The van der Waals surface area contributed by atoms with Crippen molar-refractivity contribution in [1.29, 1.82) is 0 Å². The summed E-state index contributed by atoms with van der Waals surface area (Å²) in [6.07, 6.45) is 1.67. The molecule has 0 aliphatic rings. The van der Waals surface area contributed by atoms with Crippen LogP contribution < -0.4 is 5.73 Å². The van der Waals surface area contributed by atoms with E-state index in [1.54, 1.807) is 12.3 Å². The highest BCUT2D eigenvalue weighted by molar-refractivity contribution is 9.10. The molecule has 0 saturated heterocycles. The van der Waals surface area contributed by atoms with Gasteiger partial charge in [-0.15, -0.1) is 0 Å². The minimum absolute atomic E-state index is 0.240. The summed E-state index contributed by atoms with van der Waals surface area (Å²) in [5.74, 6) is 0.864. The summed E-state index contributed by atoms with van der Waals surface area (Å²) in [4.78, 5) is 8.17. The van der Waals surface area contributed by atoms with Gasteiger partial charge in [0.05, 0.1) is 6.54 Å². The van der Waals surface area contributed by atoms with Gasteiger partial charge in [-0.25, -0.2) is 0 Å². The van der Waals surface area contributed by atoms with Gasteiger partial charge in [0, 0.05) is 10.7 Å². The van der Waals surface area contributed by atoms with E-state index in [-0.39, 0.29) is 6.54 Å². The van der Waals surface area contributed by atoms with Crippen molar-refractivity contribution in [1.82, 2.24) is 15.1 Å². The molecule has 2 rings (SSSR count). The fourth-order valence-electron chi connectivity index (χ4n) is 0.950. The molecule has 0 spiro atoms. The lowest BCUT2D eigenvalue weighted by molar-refractivity contribution is 0.380. The van der Waals surface area contributed by atoms with Gasteiger partial charge in [0.25, 0.3) is 0 Å². The van der Waals surface area contributed by atoms with E-state index in [0.717, 1.165) is 4.47 Å². The van der Waals surface area contributed by atoms with Gasteiger partial charge in [-0.1, -0.05) is 5.16 Å². The molecule has 0 fully saturated rings. The minimum atomic E-state index is 0.240. The minimum Gasteiger partial charge on any atom is -0.338 e. The van der Waals surface area contributed by atoms with Crippen LogP contribution in [-0.2, 0) is 6.54 Å². The van der Waals surface area contributed by atoms with E-state index >= 15 is 0 Å². The van der Waals surface area contributed by atoms with Gasteiger partial charge >= 0.3 is 0 Å². The summed E-state index contributed by atoms with van der Waals surface area (Å²) >= 11 is 3.29. The topological polar surface area (TPSA) is 77.8 Å². The summed E-state index contributed by atoms with van der Waals surface area (Å²) in [7, 11) is 0. The highest BCUT2D eigenvalue weighted by Gasteiger charge is 2.07. The highest BCUT2D eigenvalue weighted by Crippen LogP contribution is 2.15. The Bertz CT molecular complexity index is 425. The normalized spacial score (nSPS) is 10.4. The summed E-state index contributed by atoms with van der Waals surface area (Å²) in [6, 6.07) is 3.66. The second-order valence-corrected chi connectivity index (χ2v) is 3.49. The van der Waals surface area contributed by atoms with Crippen LogP contribution in [0.15, 0.2) is 27.3 Å². The van der Waals surface area contributed by atoms with Gasteiger partial charge in [-0.05, 0) is 28.1 Å². The number of hydrogen-bond acceptors (Lipinski definition) is 5. The van der Waals surface area contributed by atoms with Crippen molar-refractivity contribution >= 4 is 15.9 Å². The summed E-state index contributed by atoms with van der Waals surface area (Å²) in [5.41, 5.74) is 6.00. The number of hydrogen-bond donors (Lipinski definition) is 1. The van der Waals surface area contributed by atoms with Crippen LogP contribution in [0.1, 0.15) is 5.89 Å². The zero-order valence-electron chi connectivity index (χ0n) is 7.14. The lowest BCUT2D eigenvalue weighted by Crippen LogP contribution is -1.95. The third-order valence-electron chi connectivity index (χ3n) is 1.60. The fourth-order valence-corrected chi connectivity index (χ4v) is 1.18. The van der Waals surface area contributed by atoms with Crippen molar-refractivity contribution in [2.24, 2.45) is 5.73 Å². The molecule has 6 heteroatoms. The smallest absolute Gasteiger partial charge is 0.240 e. The Morgan fingerprint density at radius 3 is 2.86 bits per heavy atom. The Labute approximate surface area is 88.5 Å². The van der Waals surface area contributed by atoms with Crippen LogP contribution in [0.3, 0.4) is 0 Å². The van der Waals surface area contributed by atoms with Crippen LogP contribution in [0.2, 0.25) is 0 Å². The van der Waals surface area contributed by atoms with Gasteiger partial charge in [0.15, 0.2) is 0 Å². The molecule has 0 amide bonds. The Kier molecular flexibility index (Phi) is 2.55. The number of nitrogens with two attached hydrogens (primary N) is 1. The van der Waals surface area contributed by atoms with Crippen LogP contribution in [-0.4, -0.2) is 15.1 Å². The average molecular weight is 255 g/mol. The molecular formula is C8H7BrN4O. The van der Waals surface area contributed by atoms with Crippen molar-refractivity contribution < 1.29 is 4.52 Å². The Hall–Kier alpha value is -1.27. The largest absolute Gasteiger partial charge is 0.338 e. The Morgan fingerprint density at radius 2 is 2.29 bits per heavy atom. The monoisotopic (exact) mass is 254 g/mol. The third-order valence-corrected chi connectivity index (χ3v) is 2.07. The van der Waals surface area contributed by atoms with Gasteiger partial charge in [-0.2, -0.15) is 4.98 Å². The molecule has 0 bridgehead atoms. The predicted octanol–water partition coefficient (Wildman–Crippen LogP) is 1.35. The quantitative estimate of drug-likeness (QED) is 0.876. The molecule has 2 N–H and O–H groups in total. The fraction of sp³-hybridized carbons (Fsp3) is 0.125. The van der Waals surface area contributed by atoms with E-state index in [0.29, 0.717) is 17.4 Å². The third kappa shape index (κ3) is 1.80. The molecule has 2 aromatic heterocycles. The van der Waals surface area contributed by atoms with Crippen molar-refractivity contribution in [3.63, 3.8) is 0 Å². The number of aromatic nitrogens is 3. The molecule has 72 valence electrons. The van der Waals surface area contributed by atoms with Crippen LogP contribution >= 0.6 is 15.9 Å². The summed E-state index contributed by atoms with van der Waals surface area (Å²) in [5, 5.41) is 3.74. The van der Waals surface area contributed by atoms with Crippen molar-refractivity contribution in [3.05, 3.63) is 28.7 Å². The summed E-state index contributed by atoms with van der Waals surface area (Å²) in [6.45, 7) is 0.240. The first-order valence-corrected chi connectivity index (χ1v) is 4.73. The first-order chi connectivity index (χ1) is 6.79. The first kappa shape index (κ1) is 9.29. The lowest BCUT2D eigenvalue weighted by Gasteiger charge is -1.92. The molecule has 0 saturated carbocycles. The molecule has 0 unspecified atom stereocenters. The molecular weight excluding hydrogens is 248 g/mol. The maximum Gasteiger partial charge on any atom is 0.240 e. The molecule has 2 heterocycles. The first-order valence-electron chi connectivity index (χ1n) is 3.94. The van der Waals surface area contributed by atoms with Crippen molar-refractivity contribution in [2.75, 3.05) is 0 Å². The Balaban J connectivity index is 2.34. The van der Waals surface area contributed by atoms with E-state index in [9.17, 15) is 0 Å². The Morgan fingerprint density at radius 1 is 1.43 bits per heavy atom. The number of nitrogens with zero attached hydrogens (tertiary/aromatic N) is 3. The van der Waals surface area contributed by atoms with Crippen molar-refractivity contribution in [3.8, 4) is 11.5 Å². The van der Waals surface area contributed by atoms with Crippen LogP contribution in [0, 0.1) is 0 Å². The number of rotatable bonds is 2. The van der Waals surface area contributed by atoms with Crippen LogP contribution in [0.25, 0.3) is 11.5 Å². The van der Waals surface area contributed by atoms with Crippen LogP contribution in [0.4, 0.5) is 0 Å². The second-order valence-electron chi connectivity index (χ2n) is 2.58. The predicted molar refractivity (Wildman–Crippen MR) is 53.1 cm³/mol. The number of pyridine rings is 1. The highest BCUT2D eigenvalue weighted by atomic mass is 79.9. The van der Waals surface area contributed by atoms with Gasteiger partial charge < -0.3 is 10.3 Å². The molecule has 14 heavy (non-hydrogen) atoms. The van der Waals surface area contributed by atoms with Gasteiger partial charge in [0.1, 0.15) is 5.69 Å². The molecule has 5 nitrogen and oxygen atoms in total. The van der Waals surface area contributed by atoms with E-state index in [4.69, 9.17) is 10.3 Å². The van der Waals surface area contributed by atoms with Crippen LogP contribution in [0.5, 0.6) is 0 Å². The zero-order valence-corrected chi connectivity index (χ0v) is 8.73. The van der Waals surface area contributed by atoms with E-state index in [2.05, 4.69) is 31.1 Å². The lowest BCUT2D eigenvalue weighted by atomic mass is 10.3. The molecule has 0 aliphatic carbocycles. The van der Waals surface area contributed by atoms with Crippen molar-refractivity contribution in [2.45, 2.75) is 6.54 Å². The second kappa shape index (κ2) is 3.85. The average Bonchev–Trinajstić information content (AvgIpc) is 2.67. The molecule has 0 atom stereocenters.